The molecule has 1 atom stereocenters. The molecule has 0 amide bonds. The number of cyclic esters (lactones) is 1. The Hall–Kier alpha value is -1.32. The molecule has 1 aliphatic heterocycles. The maximum atomic E-state index is 10.9. The zero-order valence-corrected chi connectivity index (χ0v) is 8.27. The maximum Gasteiger partial charge on any atom is 0.306 e. The van der Waals surface area contributed by atoms with E-state index < -0.39 is 0 Å². The van der Waals surface area contributed by atoms with Crippen molar-refractivity contribution in [1.82, 2.24) is 9.55 Å². The Kier molecular flexibility index (Phi) is 2.52. The third-order valence-corrected chi connectivity index (χ3v) is 2.57. The quantitative estimate of drug-likeness (QED) is 0.674. The fourth-order valence-electron chi connectivity index (χ4n) is 1.79. The Morgan fingerprint density at radius 3 is 3.21 bits per heavy atom. The van der Waals surface area contributed by atoms with E-state index in [4.69, 9.17) is 4.74 Å². The van der Waals surface area contributed by atoms with Gasteiger partial charge in [0.25, 0.3) is 0 Å². The van der Waals surface area contributed by atoms with Crippen LogP contribution in [0.25, 0.3) is 0 Å². The van der Waals surface area contributed by atoms with Gasteiger partial charge in [-0.2, -0.15) is 0 Å². The topological polar surface area (TPSA) is 44.1 Å². The second-order valence-corrected chi connectivity index (χ2v) is 3.63. The molecule has 4 heteroatoms. The summed E-state index contributed by atoms with van der Waals surface area (Å²) in [6, 6.07) is 0. The fraction of sp³-hybridized carbons (Fsp3) is 0.600. The molecule has 4 nitrogen and oxygen atoms in total. The van der Waals surface area contributed by atoms with Crippen molar-refractivity contribution < 1.29 is 9.53 Å². The van der Waals surface area contributed by atoms with Gasteiger partial charge in [0.1, 0.15) is 0 Å². The first-order chi connectivity index (χ1) is 6.79. The van der Waals surface area contributed by atoms with Crippen LogP contribution in [0.4, 0.5) is 0 Å². The number of aryl methyl sites for hydroxylation is 1. The summed E-state index contributed by atoms with van der Waals surface area (Å²) in [5.74, 6) is 0.266. The first-order valence-electron chi connectivity index (χ1n) is 4.94. The summed E-state index contributed by atoms with van der Waals surface area (Å²) in [7, 11) is 0. The predicted octanol–water partition coefficient (Wildman–Crippen LogP) is 1.01. The second kappa shape index (κ2) is 3.82. The van der Waals surface area contributed by atoms with Crippen LogP contribution in [0.15, 0.2) is 12.5 Å². The van der Waals surface area contributed by atoms with Gasteiger partial charge in [-0.05, 0) is 13.3 Å². The van der Waals surface area contributed by atoms with Gasteiger partial charge >= 0.3 is 5.97 Å². The molecule has 2 heterocycles. The number of carbonyl (C=O) groups excluding carboxylic acids is 1. The van der Waals surface area contributed by atoms with Crippen molar-refractivity contribution in [2.24, 2.45) is 5.92 Å². The van der Waals surface area contributed by atoms with E-state index in [2.05, 4.69) is 16.5 Å². The van der Waals surface area contributed by atoms with Gasteiger partial charge < -0.3 is 9.30 Å². The fourth-order valence-corrected chi connectivity index (χ4v) is 1.79. The molecule has 1 unspecified atom stereocenters. The highest BCUT2D eigenvalue weighted by Crippen LogP contribution is 2.18. The van der Waals surface area contributed by atoms with E-state index >= 15 is 0 Å². The van der Waals surface area contributed by atoms with Crippen LogP contribution < -0.4 is 0 Å². The van der Waals surface area contributed by atoms with Crippen molar-refractivity contribution >= 4 is 5.97 Å². The van der Waals surface area contributed by atoms with Crippen molar-refractivity contribution in [3.63, 3.8) is 0 Å². The summed E-state index contributed by atoms with van der Waals surface area (Å²) in [5.41, 5.74) is 1.19. The van der Waals surface area contributed by atoms with E-state index in [1.807, 2.05) is 12.5 Å². The molecule has 0 spiro atoms. The second-order valence-electron chi connectivity index (χ2n) is 3.63. The zero-order chi connectivity index (χ0) is 9.97. The predicted molar refractivity (Wildman–Crippen MR) is 50.7 cm³/mol. The molecule has 1 aromatic rings. The molecule has 0 aromatic carbocycles. The van der Waals surface area contributed by atoms with Gasteiger partial charge in [0.05, 0.1) is 19.4 Å². The summed E-state index contributed by atoms with van der Waals surface area (Å²) < 4.78 is 7.02. The molecule has 1 aromatic heterocycles. The minimum atomic E-state index is -0.0717. The molecular formula is C10H14N2O2. The Bertz CT molecular complexity index is 333. The molecule has 0 N–H and O–H groups in total. The van der Waals surface area contributed by atoms with E-state index in [1.165, 1.54) is 5.69 Å². The lowest BCUT2D eigenvalue weighted by Crippen LogP contribution is -2.08. The number of imidazole rings is 1. The zero-order valence-electron chi connectivity index (χ0n) is 8.27. The molecule has 76 valence electrons. The lowest BCUT2D eigenvalue weighted by Gasteiger charge is -2.07. The highest BCUT2D eigenvalue weighted by atomic mass is 16.5. The van der Waals surface area contributed by atoms with E-state index in [1.54, 1.807) is 0 Å². The number of carbonyl (C=O) groups is 1. The summed E-state index contributed by atoms with van der Waals surface area (Å²) >= 11 is 0. The van der Waals surface area contributed by atoms with Gasteiger partial charge in [-0.25, -0.2) is 4.98 Å². The van der Waals surface area contributed by atoms with E-state index in [0.717, 1.165) is 13.0 Å². The lowest BCUT2D eigenvalue weighted by atomic mass is 10.0. The average Bonchev–Trinajstić information content (AvgIpc) is 2.76. The Morgan fingerprint density at radius 2 is 2.57 bits per heavy atom. The van der Waals surface area contributed by atoms with Gasteiger partial charge in [-0.3, -0.25) is 4.79 Å². The number of ether oxygens (including phenoxy) is 1. The van der Waals surface area contributed by atoms with Crippen molar-refractivity contribution in [3.8, 4) is 0 Å². The third kappa shape index (κ3) is 1.78. The highest BCUT2D eigenvalue weighted by molar-refractivity contribution is 5.71. The molecule has 14 heavy (non-hydrogen) atoms. The molecule has 2 rings (SSSR count). The van der Waals surface area contributed by atoms with Crippen LogP contribution >= 0.6 is 0 Å². The highest BCUT2D eigenvalue weighted by Gasteiger charge is 2.24. The summed E-state index contributed by atoms with van der Waals surface area (Å²) in [4.78, 5) is 15.0. The monoisotopic (exact) mass is 194 g/mol. The third-order valence-electron chi connectivity index (χ3n) is 2.57. The lowest BCUT2D eigenvalue weighted by molar-refractivity contribution is -0.137. The van der Waals surface area contributed by atoms with Gasteiger partial charge in [0, 0.05) is 24.4 Å². The standard InChI is InChI=1S/C10H14N2O2/c1-2-12-7-11-5-9(12)3-8-4-10(13)14-6-8/h5,7-8H,2-4,6H2,1H3. The number of nitrogens with zero attached hydrogens (tertiary/aromatic N) is 2. The van der Waals surface area contributed by atoms with Gasteiger partial charge in [0.2, 0.25) is 0 Å². The number of hydrogen-bond acceptors (Lipinski definition) is 3. The molecule has 1 fully saturated rings. The van der Waals surface area contributed by atoms with Gasteiger partial charge in [0.15, 0.2) is 0 Å². The van der Waals surface area contributed by atoms with Crippen LogP contribution in [-0.2, 0) is 22.5 Å². The molecule has 0 saturated carbocycles. The first kappa shape index (κ1) is 9.24. The summed E-state index contributed by atoms with van der Waals surface area (Å²) in [5, 5.41) is 0. The maximum absolute atomic E-state index is 10.9. The van der Waals surface area contributed by atoms with Crippen LogP contribution in [0.5, 0.6) is 0 Å². The van der Waals surface area contributed by atoms with Crippen molar-refractivity contribution in [2.75, 3.05) is 6.61 Å². The Balaban J connectivity index is 2.00. The minimum absolute atomic E-state index is 0.0717. The number of rotatable bonds is 3. The number of hydrogen-bond donors (Lipinski definition) is 0. The molecule has 0 bridgehead atoms. The normalized spacial score (nSPS) is 21.2. The molecule has 0 aliphatic carbocycles. The van der Waals surface area contributed by atoms with Gasteiger partial charge in [-0.1, -0.05) is 0 Å². The Labute approximate surface area is 82.9 Å². The smallest absolute Gasteiger partial charge is 0.306 e. The summed E-state index contributed by atoms with van der Waals surface area (Å²) in [6.45, 7) is 3.58. The van der Waals surface area contributed by atoms with Crippen molar-refractivity contribution in [2.45, 2.75) is 26.3 Å². The van der Waals surface area contributed by atoms with E-state index in [0.29, 0.717) is 18.9 Å². The molecule has 0 radical (unpaired) electrons. The first-order valence-corrected chi connectivity index (χ1v) is 4.94. The van der Waals surface area contributed by atoms with Crippen molar-refractivity contribution in [3.05, 3.63) is 18.2 Å². The van der Waals surface area contributed by atoms with Crippen LogP contribution in [0.3, 0.4) is 0 Å². The van der Waals surface area contributed by atoms with Gasteiger partial charge in [-0.15, -0.1) is 0 Å². The van der Waals surface area contributed by atoms with Crippen LogP contribution in [-0.4, -0.2) is 22.1 Å². The minimum Gasteiger partial charge on any atom is -0.465 e. The van der Waals surface area contributed by atoms with Crippen molar-refractivity contribution in [1.29, 1.82) is 0 Å². The van der Waals surface area contributed by atoms with Crippen LogP contribution in [0.2, 0.25) is 0 Å². The summed E-state index contributed by atoms with van der Waals surface area (Å²) in [6.07, 6.45) is 5.13. The molecular weight excluding hydrogens is 180 g/mol. The van der Waals surface area contributed by atoms with E-state index in [-0.39, 0.29) is 5.97 Å². The van der Waals surface area contributed by atoms with Crippen LogP contribution in [0.1, 0.15) is 19.0 Å². The SMILES string of the molecule is CCn1cncc1CC1COC(=O)C1. The average molecular weight is 194 g/mol. The number of esters is 1. The van der Waals surface area contributed by atoms with E-state index in [9.17, 15) is 4.79 Å². The number of aromatic nitrogens is 2. The largest absolute Gasteiger partial charge is 0.465 e. The Morgan fingerprint density at radius 1 is 1.71 bits per heavy atom. The van der Waals surface area contributed by atoms with Crippen LogP contribution in [0, 0.1) is 5.92 Å². The molecule has 1 saturated heterocycles. The molecule has 1 aliphatic rings.